The first-order valence-corrected chi connectivity index (χ1v) is 6.00. The second-order valence-electron chi connectivity index (χ2n) is 4.18. The maximum Gasteiger partial charge on any atom is 0.119 e. The van der Waals surface area contributed by atoms with Crippen LogP contribution in [0.5, 0.6) is 0 Å². The third-order valence-corrected chi connectivity index (χ3v) is 3.59. The summed E-state index contributed by atoms with van der Waals surface area (Å²) in [6.45, 7) is 3.44. The van der Waals surface area contributed by atoms with Crippen LogP contribution < -0.4 is 5.32 Å². The monoisotopic (exact) mass is 257 g/mol. The molecule has 1 saturated heterocycles. The Bertz CT molecular complexity index is 289. The Hall–Kier alpha value is -0.280. The number of piperidine rings is 1. The van der Waals surface area contributed by atoms with E-state index in [9.17, 15) is 0 Å². The highest BCUT2D eigenvalue weighted by atomic mass is 79.9. The molecule has 0 amide bonds. The van der Waals surface area contributed by atoms with Crippen LogP contribution in [0.25, 0.3) is 0 Å². The van der Waals surface area contributed by atoms with Crippen molar-refractivity contribution in [2.45, 2.75) is 32.2 Å². The van der Waals surface area contributed by atoms with Gasteiger partial charge in [-0.25, -0.2) is 0 Å². The number of hydrogen-bond acceptors (Lipinski definition) is 2. The lowest BCUT2D eigenvalue weighted by molar-refractivity contribution is 0.313. The Morgan fingerprint density at radius 2 is 2.43 bits per heavy atom. The molecule has 1 aliphatic heterocycles. The molecule has 2 heterocycles. The van der Waals surface area contributed by atoms with E-state index in [0.717, 1.165) is 29.1 Å². The van der Waals surface area contributed by atoms with E-state index in [2.05, 4.69) is 28.2 Å². The van der Waals surface area contributed by atoms with E-state index >= 15 is 0 Å². The third-order valence-electron chi connectivity index (χ3n) is 2.89. The van der Waals surface area contributed by atoms with E-state index in [1.54, 1.807) is 6.26 Å². The summed E-state index contributed by atoms with van der Waals surface area (Å²) < 4.78 is 6.50. The molecule has 0 bridgehead atoms. The molecule has 3 heteroatoms. The Morgan fingerprint density at radius 1 is 1.57 bits per heavy atom. The van der Waals surface area contributed by atoms with E-state index < -0.39 is 0 Å². The molecule has 2 atom stereocenters. The minimum atomic E-state index is 0.591. The van der Waals surface area contributed by atoms with E-state index in [0.29, 0.717) is 6.04 Å². The van der Waals surface area contributed by atoms with Crippen molar-refractivity contribution in [3.05, 3.63) is 22.6 Å². The van der Waals surface area contributed by atoms with Gasteiger partial charge in [-0.05, 0) is 47.3 Å². The molecule has 2 unspecified atom stereocenters. The Kier molecular flexibility index (Phi) is 3.29. The minimum Gasteiger partial charge on any atom is -0.468 e. The van der Waals surface area contributed by atoms with Crippen molar-refractivity contribution in [3.8, 4) is 0 Å². The molecule has 14 heavy (non-hydrogen) atoms. The van der Waals surface area contributed by atoms with Crippen LogP contribution in [-0.2, 0) is 6.42 Å². The zero-order valence-electron chi connectivity index (χ0n) is 8.42. The number of hydrogen-bond donors (Lipinski definition) is 1. The predicted octanol–water partition coefficient (Wildman–Crippen LogP) is 2.97. The van der Waals surface area contributed by atoms with Crippen LogP contribution in [0.4, 0.5) is 0 Å². The van der Waals surface area contributed by atoms with Gasteiger partial charge in [0, 0.05) is 12.5 Å². The van der Waals surface area contributed by atoms with Gasteiger partial charge in [0.2, 0.25) is 0 Å². The molecule has 1 aromatic rings. The fraction of sp³-hybridized carbons (Fsp3) is 0.636. The smallest absolute Gasteiger partial charge is 0.119 e. The van der Waals surface area contributed by atoms with Crippen LogP contribution in [0, 0.1) is 5.92 Å². The highest BCUT2D eigenvalue weighted by molar-refractivity contribution is 9.10. The summed E-state index contributed by atoms with van der Waals surface area (Å²) >= 11 is 3.48. The largest absolute Gasteiger partial charge is 0.468 e. The van der Waals surface area contributed by atoms with Gasteiger partial charge in [-0.15, -0.1) is 0 Å². The van der Waals surface area contributed by atoms with E-state index in [1.807, 2.05) is 6.07 Å². The first-order chi connectivity index (χ1) is 6.75. The fourth-order valence-electron chi connectivity index (χ4n) is 1.93. The average molecular weight is 258 g/mol. The molecule has 1 aliphatic rings. The number of rotatable bonds is 2. The topological polar surface area (TPSA) is 25.2 Å². The van der Waals surface area contributed by atoms with Crippen molar-refractivity contribution in [1.29, 1.82) is 0 Å². The molecule has 0 aliphatic carbocycles. The van der Waals surface area contributed by atoms with E-state index in [-0.39, 0.29) is 0 Å². The molecule has 1 N–H and O–H groups in total. The Labute approximate surface area is 93.2 Å². The number of nitrogens with one attached hydrogen (secondary N) is 1. The summed E-state index contributed by atoms with van der Waals surface area (Å²) in [5.74, 6) is 1.89. The van der Waals surface area contributed by atoms with Crippen molar-refractivity contribution < 1.29 is 4.42 Å². The lowest BCUT2D eigenvalue weighted by atomic mass is 9.94. The minimum absolute atomic E-state index is 0.591. The lowest BCUT2D eigenvalue weighted by Crippen LogP contribution is -2.39. The SMILES string of the molecule is CC1CCC(Cc2occc2Br)NC1. The number of furan rings is 1. The van der Waals surface area contributed by atoms with Crippen LogP contribution in [0.3, 0.4) is 0 Å². The van der Waals surface area contributed by atoms with Gasteiger partial charge < -0.3 is 9.73 Å². The standard InChI is InChI=1S/C11H16BrNO/c1-8-2-3-9(13-7-8)6-11-10(12)4-5-14-11/h4-5,8-9,13H,2-3,6-7H2,1H3. The summed E-state index contributed by atoms with van der Waals surface area (Å²) in [5.41, 5.74) is 0. The third kappa shape index (κ3) is 2.39. The summed E-state index contributed by atoms with van der Waals surface area (Å²) in [7, 11) is 0. The molecule has 2 rings (SSSR count). The van der Waals surface area contributed by atoms with Crippen LogP contribution >= 0.6 is 15.9 Å². The molecule has 2 nitrogen and oxygen atoms in total. The van der Waals surface area contributed by atoms with Gasteiger partial charge in [-0.2, -0.15) is 0 Å². The molecule has 0 radical (unpaired) electrons. The van der Waals surface area contributed by atoms with E-state index in [4.69, 9.17) is 4.42 Å². The highest BCUT2D eigenvalue weighted by Crippen LogP contribution is 2.22. The van der Waals surface area contributed by atoms with Crippen molar-refractivity contribution in [2.75, 3.05) is 6.54 Å². The molecule has 78 valence electrons. The zero-order valence-corrected chi connectivity index (χ0v) is 10.0. The van der Waals surface area contributed by atoms with Crippen molar-refractivity contribution in [3.63, 3.8) is 0 Å². The highest BCUT2D eigenvalue weighted by Gasteiger charge is 2.19. The first kappa shape index (κ1) is 10.2. The molecule has 1 aromatic heterocycles. The molecular formula is C11H16BrNO. The zero-order chi connectivity index (χ0) is 9.97. The summed E-state index contributed by atoms with van der Waals surface area (Å²) in [6.07, 6.45) is 5.33. The maximum absolute atomic E-state index is 5.41. The van der Waals surface area contributed by atoms with Crippen LogP contribution in [0.1, 0.15) is 25.5 Å². The molecule has 0 spiro atoms. The maximum atomic E-state index is 5.41. The molecule has 0 aromatic carbocycles. The predicted molar refractivity (Wildman–Crippen MR) is 60.3 cm³/mol. The fourth-order valence-corrected chi connectivity index (χ4v) is 2.29. The second-order valence-corrected chi connectivity index (χ2v) is 5.04. The molecule has 0 saturated carbocycles. The van der Waals surface area contributed by atoms with Gasteiger partial charge >= 0.3 is 0 Å². The van der Waals surface area contributed by atoms with Gasteiger partial charge in [0.15, 0.2) is 0 Å². The van der Waals surface area contributed by atoms with Gasteiger partial charge in [-0.1, -0.05) is 6.92 Å². The summed E-state index contributed by atoms with van der Waals surface area (Å²) in [4.78, 5) is 0. The average Bonchev–Trinajstić information content (AvgIpc) is 2.56. The van der Waals surface area contributed by atoms with Gasteiger partial charge in [0.1, 0.15) is 5.76 Å². The quantitative estimate of drug-likeness (QED) is 0.882. The lowest BCUT2D eigenvalue weighted by Gasteiger charge is -2.27. The van der Waals surface area contributed by atoms with Gasteiger partial charge in [-0.3, -0.25) is 0 Å². The van der Waals surface area contributed by atoms with Gasteiger partial charge in [0.25, 0.3) is 0 Å². The van der Waals surface area contributed by atoms with Crippen LogP contribution in [-0.4, -0.2) is 12.6 Å². The molecular weight excluding hydrogens is 242 g/mol. The second kappa shape index (κ2) is 4.49. The van der Waals surface area contributed by atoms with Gasteiger partial charge in [0.05, 0.1) is 10.7 Å². The Morgan fingerprint density at radius 3 is 3.00 bits per heavy atom. The number of halogens is 1. The normalized spacial score (nSPS) is 27.9. The summed E-state index contributed by atoms with van der Waals surface area (Å²) in [6, 6.07) is 2.55. The van der Waals surface area contributed by atoms with Crippen LogP contribution in [0.15, 0.2) is 21.2 Å². The van der Waals surface area contributed by atoms with Crippen molar-refractivity contribution >= 4 is 15.9 Å². The van der Waals surface area contributed by atoms with Crippen molar-refractivity contribution in [1.82, 2.24) is 5.32 Å². The first-order valence-electron chi connectivity index (χ1n) is 5.21. The van der Waals surface area contributed by atoms with Crippen LogP contribution in [0.2, 0.25) is 0 Å². The van der Waals surface area contributed by atoms with Crippen molar-refractivity contribution in [2.24, 2.45) is 5.92 Å². The summed E-state index contributed by atoms with van der Waals surface area (Å²) in [5, 5.41) is 3.55. The Balaban J connectivity index is 1.89. The van der Waals surface area contributed by atoms with E-state index in [1.165, 1.54) is 12.8 Å². The molecule has 1 fully saturated rings.